The first-order valence-electron chi connectivity index (χ1n) is 11.8. The maximum Gasteiger partial charge on any atom is 0.259 e. The van der Waals surface area contributed by atoms with E-state index in [9.17, 15) is 14.4 Å². The molecule has 6 nitrogen and oxygen atoms in total. The molecule has 0 atom stereocenters. The third-order valence-electron chi connectivity index (χ3n) is 6.30. The largest absolute Gasteiger partial charge is 0.352 e. The Morgan fingerprint density at radius 1 is 0.967 bits per heavy atom. The molecule has 1 aromatic rings. The van der Waals surface area contributed by atoms with Gasteiger partial charge in [0.1, 0.15) is 11.1 Å². The van der Waals surface area contributed by atoms with E-state index in [0.717, 1.165) is 38.5 Å². The first-order chi connectivity index (χ1) is 14.5. The summed E-state index contributed by atoms with van der Waals surface area (Å²) in [7, 11) is 0. The van der Waals surface area contributed by atoms with Gasteiger partial charge in [-0.05, 0) is 37.5 Å². The van der Waals surface area contributed by atoms with E-state index in [-0.39, 0.29) is 22.9 Å². The summed E-state index contributed by atoms with van der Waals surface area (Å²) >= 11 is 0. The zero-order chi connectivity index (χ0) is 21.5. The summed E-state index contributed by atoms with van der Waals surface area (Å²) in [4.78, 5) is 41.0. The molecule has 1 aliphatic carbocycles. The van der Waals surface area contributed by atoms with Crippen molar-refractivity contribution in [2.75, 3.05) is 19.6 Å². The fraction of sp³-hybridized carbons (Fsp3) is 0.708. The van der Waals surface area contributed by atoms with E-state index in [1.807, 2.05) is 4.57 Å². The van der Waals surface area contributed by atoms with E-state index in [1.165, 1.54) is 19.3 Å². The minimum atomic E-state index is -0.439. The minimum absolute atomic E-state index is 0.0899. The van der Waals surface area contributed by atoms with E-state index >= 15 is 0 Å². The molecule has 0 aromatic carbocycles. The summed E-state index contributed by atoms with van der Waals surface area (Å²) in [5, 5.41) is 2.97. The average Bonchev–Trinajstić information content (AvgIpc) is 3.02. The zero-order valence-corrected chi connectivity index (χ0v) is 18.6. The lowest BCUT2D eigenvalue weighted by atomic mass is 9.89. The van der Waals surface area contributed by atoms with Crippen molar-refractivity contribution in [1.29, 1.82) is 0 Å². The molecule has 0 bridgehead atoms. The van der Waals surface area contributed by atoms with Gasteiger partial charge in [-0.3, -0.25) is 14.4 Å². The molecule has 1 aromatic heterocycles. The summed E-state index contributed by atoms with van der Waals surface area (Å²) < 4.78 is 1.84. The van der Waals surface area contributed by atoms with Gasteiger partial charge >= 0.3 is 0 Å². The van der Waals surface area contributed by atoms with Crippen LogP contribution in [0.3, 0.4) is 0 Å². The SMILES string of the molecule is CC(C)Cn1cc(C(=O)NCC2CCCCC2)c(=O)c(C(=O)N2CCCCCC2)c1. The standard InChI is InChI=1S/C24H37N3O3/c1-18(2)15-26-16-20(23(29)25-14-19-10-6-5-7-11-19)22(28)21(17-26)24(30)27-12-8-3-4-9-13-27/h16-19H,3-15H2,1-2H3,(H,25,29). The Hall–Kier alpha value is -2.11. The van der Waals surface area contributed by atoms with E-state index in [4.69, 9.17) is 0 Å². The highest BCUT2D eigenvalue weighted by Crippen LogP contribution is 2.22. The minimum Gasteiger partial charge on any atom is -0.352 e. The first kappa shape index (κ1) is 22.6. The third kappa shape index (κ3) is 5.96. The molecule has 2 fully saturated rings. The van der Waals surface area contributed by atoms with E-state index in [2.05, 4.69) is 19.2 Å². The number of rotatable bonds is 6. The van der Waals surface area contributed by atoms with Crippen LogP contribution in [0, 0.1) is 11.8 Å². The fourth-order valence-corrected chi connectivity index (χ4v) is 4.64. The highest BCUT2D eigenvalue weighted by Gasteiger charge is 2.24. The maximum absolute atomic E-state index is 13.2. The Morgan fingerprint density at radius 3 is 2.20 bits per heavy atom. The molecular formula is C24H37N3O3. The summed E-state index contributed by atoms with van der Waals surface area (Å²) in [6.45, 7) is 6.78. The average molecular weight is 416 g/mol. The molecule has 1 N–H and O–H groups in total. The van der Waals surface area contributed by atoms with Crippen LogP contribution in [0.25, 0.3) is 0 Å². The lowest BCUT2D eigenvalue weighted by molar-refractivity contribution is 0.0759. The summed E-state index contributed by atoms with van der Waals surface area (Å²) in [5.74, 6) is 0.240. The molecule has 0 spiro atoms. The van der Waals surface area contributed by atoms with Crippen molar-refractivity contribution in [1.82, 2.24) is 14.8 Å². The van der Waals surface area contributed by atoms with Gasteiger partial charge in [0.25, 0.3) is 11.8 Å². The van der Waals surface area contributed by atoms with E-state index in [1.54, 1.807) is 17.3 Å². The Balaban J connectivity index is 1.83. The van der Waals surface area contributed by atoms with Gasteiger partial charge in [-0.15, -0.1) is 0 Å². The number of nitrogens with one attached hydrogen (secondary N) is 1. The molecule has 2 amide bonds. The van der Waals surface area contributed by atoms with Crippen molar-refractivity contribution in [3.05, 3.63) is 33.7 Å². The molecule has 1 aliphatic heterocycles. The third-order valence-corrected chi connectivity index (χ3v) is 6.30. The van der Waals surface area contributed by atoms with Gasteiger partial charge in [-0.2, -0.15) is 0 Å². The molecule has 1 saturated heterocycles. The van der Waals surface area contributed by atoms with Crippen molar-refractivity contribution >= 4 is 11.8 Å². The molecule has 2 aliphatic rings. The zero-order valence-electron chi connectivity index (χ0n) is 18.6. The van der Waals surface area contributed by atoms with Crippen LogP contribution in [-0.2, 0) is 6.54 Å². The summed E-state index contributed by atoms with van der Waals surface area (Å²) in [5.41, 5.74) is -0.222. The number of pyridine rings is 1. The predicted molar refractivity (Wildman–Crippen MR) is 119 cm³/mol. The van der Waals surface area contributed by atoms with Crippen LogP contribution in [-0.4, -0.2) is 40.9 Å². The van der Waals surface area contributed by atoms with Crippen molar-refractivity contribution < 1.29 is 9.59 Å². The maximum atomic E-state index is 13.2. The first-order valence-corrected chi connectivity index (χ1v) is 11.8. The van der Waals surface area contributed by atoms with E-state index in [0.29, 0.717) is 38.0 Å². The van der Waals surface area contributed by atoms with Gasteiger partial charge in [0.2, 0.25) is 5.43 Å². The van der Waals surface area contributed by atoms with Gasteiger partial charge in [0.15, 0.2) is 0 Å². The Morgan fingerprint density at radius 2 is 1.57 bits per heavy atom. The van der Waals surface area contributed by atoms with Crippen LogP contribution in [0.5, 0.6) is 0 Å². The summed E-state index contributed by atoms with van der Waals surface area (Å²) in [6, 6.07) is 0. The normalized spacial score (nSPS) is 18.3. The van der Waals surface area contributed by atoms with Crippen LogP contribution in [0.2, 0.25) is 0 Å². The second-order valence-corrected chi connectivity index (χ2v) is 9.43. The highest BCUT2D eigenvalue weighted by atomic mass is 16.2. The second-order valence-electron chi connectivity index (χ2n) is 9.43. The number of hydrogen-bond donors (Lipinski definition) is 1. The van der Waals surface area contributed by atoms with Crippen molar-refractivity contribution in [3.8, 4) is 0 Å². The molecule has 166 valence electrons. The van der Waals surface area contributed by atoms with Crippen LogP contribution >= 0.6 is 0 Å². The number of hydrogen-bond acceptors (Lipinski definition) is 3. The van der Waals surface area contributed by atoms with Gasteiger partial charge in [0, 0.05) is 38.6 Å². The number of aromatic nitrogens is 1. The van der Waals surface area contributed by atoms with Gasteiger partial charge in [0.05, 0.1) is 0 Å². The van der Waals surface area contributed by atoms with Gasteiger partial charge in [-0.25, -0.2) is 0 Å². The molecule has 2 heterocycles. The number of carbonyl (C=O) groups excluding carboxylic acids is 2. The smallest absolute Gasteiger partial charge is 0.259 e. The molecule has 0 unspecified atom stereocenters. The lowest BCUT2D eigenvalue weighted by Crippen LogP contribution is -2.39. The van der Waals surface area contributed by atoms with Crippen molar-refractivity contribution in [2.45, 2.75) is 78.2 Å². The molecule has 3 rings (SSSR count). The lowest BCUT2D eigenvalue weighted by Gasteiger charge is -2.22. The Kier molecular flexibility index (Phi) is 8.11. The number of likely N-dealkylation sites (tertiary alicyclic amines) is 1. The summed E-state index contributed by atoms with van der Waals surface area (Å²) in [6.07, 6.45) is 13.4. The molecule has 1 saturated carbocycles. The topological polar surface area (TPSA) is 71.4 Å². The predicted octanol–water partition coefficient (Wildman–Crippen LogP) is 3.83. The van der Waals surface area contributed by atoms with Gasteiger partial charge < -0.3 is 14.8 Å². The quantitative estimate of drug-likeness (QED) is 0.767. The fourth-order valence-electron chi connectivity index (χ4n) is 4.64. The Labute approximate surface area is 180 Å². The van der Waals surface area contributed by atoms with Crippen LogP contribution in [0.15, 0.2) is 17.2 Å². The number of nitrogens with zero attached hydrogens (tertiary/aromatic N) is 2. The van der Waals surface area contributed by atoms with Gasteiger partial charge in [-0.1, -0.05) is 46.0 Å². The number of carbonyl (C=O) groups is 2. The van der Waals surface area contributed by atoms with Crippen LogP contribution in [0.1, 0.15) is 92.4 Å². The molecule has 30 heavy (non-hydrogen) atoms. The molecule has 6 heteroatoms. The molecule has 0 radical (unpaired) electrons. The van der Waals surface area contributed by atoms with Crippen molar-refractivity contribution in [2.24, 2.45) is 11.8 Å². The van der Waals surface area contributed by atoms with Crippen molar-refractivity contribution in [3.63, 3.8) is 0 Å². The Bertz CT molecular complexity index is 785. The highest BCUT2D eigenvalue weighted by molar-refractivity contribution is 5.99. The molecular weight excluding hydrogens is 378 g/mol. The van der Waals surface area contributed by atoms with Crippen LogP contribution < -0.4 is 10.7 Å². The van der Waals surface area contributed by atoms with E-state index < -0.39 is 5.43 Å². The number of amides is 2. The van der Waals surface area contributed by atoms with Crippen LogP contribution in [0.4, 0.5) is 0 Å². The monoisotopic (exact) mass is 415 g/mol. The second kappa shape index (κ2) is 10.8.